The Morgan fingerprint density at radius 3 is 1.36 bits per heavy atom. The van der Waals surface area contributed by atoms with Gasteiger partial charge in [-0.15, -0.1) is 0 Å². The molecule has 0 bridgehead atoms. The third-order valence-electron chi connectivity index (χ3n) is 15.0. The van der Waals surface area contributed by atoms with Crippen LogP contribution in [0.4, 0.5) is 0 Å². The summed E-state index contributed by atoms with van der Waals surface area (Å²) in [5.74, 6) is 0. The second-order valence-corrected chi connectivity index (χ2v) is 49.9. The van der Waals surface area contributed by atoms with Gasteiger partial charge < -0.3 is 0 Å². The van der Waals surface area contributed by atoms with Gasteiger partial charge in [-0.3, -0.25) is 0 Å². The second kappa shape index (κ2) is 17.9. The third-order valence-corrected chi connectivity index (χ3v) is 46.3. The van der Waals surface area contributed by atoms with Crippen molar-refractivity contribution in [2.75, 3.05) is 0 Å². The normalized spacial score (nSPS) is 16.8. The number of unbranched alkanes of at least 4 members (excludes halogenated alkanes) is 2. The van der Waals surface area contributed by atoms with Crippen LogP contribution in [0.25, 0.3) is 56.7 Å². The van der Waals surface area contributed by atoms with Crippen molar-refractivity contribution in [2.24, 2.45) is 0 Å². The number of hydrogen-bond donors (Lipinski definition) is 0. The molecule has 1 heterocycles. The molecule has 2 atom stereocenters. The van der Waals surface area contributed by atoms with E-state index in [1.165, 1.54) is 103 Å². The van der Waals surface area contributed by atoms with Crippen molar-refractivity contribution < 1.29 is 16.1 Å². The molecule has 325 valence electrons. The molecule has 1 aliphatic heterocycles. The van der Waals surface area contributed by atoms with Gasteiger partial charge in [-0.1, -0.05) is 0 Å². The Hall–Kier alpha value is -5.09. The fourth-order valence-electron chi connectivity index (χ4n) is 12.0. The molecule has 66 heavy (non-hydrogen) atoms. The van der Waals surface area contributed by atoms with E-state index in [-0.39, 0.29) is 7.35 Å². The standard InChI is InChI=1S/2C25H23.C12H9Si.2ClH.Hf/c2*1-2-3-10-20-13-7-8-15-23(20)24-16-9-14-21-17-22(18-25(21)24)19-11-5-4-6-12-19;1-3-7-11-9(5-1)10-6-2-4-8-12(10)13-11;;;/h2*4-9,11-18H,2-3,10H2,1H3;1-7H,13H2;2*1H;/q;;;;;+2/p-2. The van der Waals surface area contributed by atoms with E-state index in [0.717, 1.165) is 38.5 Å². The molecule has 2 unspecified atom stereocenters. The van der Waals surface area contributed by atoms with Crippen LogP contribution in [-0.4, -0.2) is 9.52 Å². The van der Waals surface area contributed by atoms with Crippen LogP contribution in [0.15, 0.2) is 188 Å². The first kappa shape index (κ1) is 43.5. The molecule has 0 saturated heterocycles. The molecule has 2 aliphatic carbocycles. The number of hydrogen-bond acceptors (Lipinski definition) is 0. The monoisotopic (exact) mass is 1080 g/mol. The summed E-state index contributed by atoms with van der Waals surface area (Å²) in [6, 6.07) is 70.3. The Morgan fingerprint density at radius 1 is 0.424 bits per heavy atom. The molecule has 11 rings (SSSR count). The molecule has 0 spiro atoms. The van der Waals surface area contributed by atoms with Crippen molar-refractivity contribution in [1.29, 1.82) is 0 Å². The van der Waals surface area contributed by atoms with Crippen LogP contribution in [0.1, 0.15) is 91.4 Å². The summed E-state index contributed by atoms with van der Waals surface area (Å²) < 4.78 is 0.745. The number of fused-ring (bicyclic) bond motifs is 5. The Morgan fingerprint density at radius 2 is 0.848 bits per heavy atom. The Balaban J connectivity index is 1.25. The summed E-state index contributed by atoms with van der Waals surface area (Å²) in [6.07, 6.45) is 11.7. The molecule has 0 radical (unpaired) electrons. The third kappa shape index (κ3) is 7.18. The van der Waals surface area contributed by atoms with E-state index in [0.29, 0.717) is 0 Å². The van der Waals surface area contributed by atoms with E-state index in [1.807, 2.05) is 0 Å². The van der Waals surface area contributed by atoms with Gasteiger partial charge in [-0.25, -0.2) is 0 Å². The topological polar surface area (TPSA) is 0 Å². The van der Waals surface area contributed by atoms with Crippen LogP contribution < -0.4 is 13.7 Å². The zero-order valence-electron chi connectivity index (χ0n) is 37.9. The molecule has 0 nitrogen and oxygen atoms in total. The summed E-state index contributed by atoms with van der Waals surface area (Å²) in [6.45, 7) is 4.57. The first-order valence-corrected chi connectivity index (χ1v) is 40.4. The first-order chi connectivity index (χ1) is 32.4. The van der Waals surface area contributed by atoms with Gasteiger partial charge in [0, 0.05) is 0 Å². The van der Waals surface area contributed by atoms with Crippen molar-refractivity contribution in [3.05, 3.63) is 233 Å². The van der Waals surface area contributed by atoms with E-state index in [9.17, 15) is 17.2 Å². The number of halogens is 2. The molecule has 0 N–H and O–H groups in total. The van der Waals surface area contributed by atoms with E-state index < -0.39 is 25.7 Å². The molecular weight excluding hydrogens is 1020 g/mol. The Bertz CT molecular complexity index is 3040. The average molecular weight is 1080 g/mol. The fraction of sp³-hybridized carbons (Fsp3) is 0.161. The number of rotatable bonds is 13. The van der Waals surface area contributed by atoms with Crippen molar-refractivity contribution in [2.45, 2.75) is 59.7 Å². The first-order valence-electron chi connectivity index (χ1n) is 24.1. The average Bonchev–Trinajstić information content (AvgIpc) is 4.09. The molecular formula is C62H55Cl2HfSi. The minimum absolute atomic E-state index is 0.252. The minimum atomic E-state index is -6.14. The van der Waals surface area contributed by atoms with Crippen LogP contribution in [0.5, 0.6) is 0 Å². The van der Waals surface area contributed by atoms with E-state index in [4.69, 9.17) is 0 Å². The van der Waals surface area contributed by atoms with Gasteiger partial charge in [0.2, 0.25) is 0 Å². The van der Waals surface area contributed by atoms with Crippen LogP contribution in [0.2, 0.25) is 0 Å². The van der Waals surface area contributed by atoms with Gasteiger partial charge in [0.15, 0.2) is 0 Å². The SMILES string of the molecule is CCCCc1ccccc1-c1cccc2c1C=C(c1ccccc1)[CH]2[Hf]([Cl])([Cl])([c]1cccc2c1[SiH2]c1ccccc1-2)[CH]1C(c2ccccc2)=Cc2c(-c3ccccc3CCCC)cccc21. The molecule has 0 fully saturated rings. The van der Waals surface area contributed by atoms with Gasteiger partial charge in [0.25, 0.3) is 0 Å². The number of allylic oxidation sites excluding steroid dienone is 2. The maximum absolute atomic E-state index is 9.63. The van der Waals surface area contributed by atoms with E-state index in [1.54, 1.807) is 0 Å². The van der Waals surface area contributed by atoms with Crippen LogP contribution in [0, 0.1) is 0 Å². The molecule has 8 aromatic carbocycles. The molecule has 4 heteroatoms. The van der Waals surface area contributed by atoms with Crippen molar-refractivity contribution in [3.8, 4) is 33.4 Å². The fourth-order valence-corrected chi connectivity index (χ4v) is 49.7. The molecule has 0 saturated carbocycles. The van der Waals surface area contributed by atoms with Gasteiger partial charge in [0.05, 0.1) is 0 Å². The zero-order valence-corrected chi connectivity index (χ0v) is 44.4. The van der Waals surface area contributed by atoms with Crippen molar-refractivity contribution in [1.82, 2.24) is 0 Å². The summed E-state index contributed by atoms with van der Waals surface area (Å²) in [5, 5.41) is 2.91. The quantitative estimate of drug-likeness (QED) is 0.101. The molecule has 0 aromatic heterocycles. The summed E-state index contributed by atoms with van der Waals surface area (Å²) in [4.78, 5) is 0. The van der Waals surface area contributed by atoms with Crippen LogP contribution in [-0.2, 0) is 29.0 Å². The number of aryl methyl sites for hydroxylation is 2. The van der Waals surface area contributed by atoms with Gasteiger partial charge >= 0.3 is 405 Å². The van der Waals surface area contributed by atoms with Gasteiger partial charge in [0.1, 0.15) is 0 Å². The summed E-state index contributed by atoms with van der Waals surface area (Å²) in [7, 11) is 18.3. The van der Waals surface area contributed by atoms with Gasteiger partial charge in [-0.2, -0.15) is 0 Å². The van der Waals surface area contributed by atoms with Crippen LogP contribution >= 0.6 is 17.2 Å². The number of benzene rings is 8. The molecule has 3 aliphatic rings. The molecule has 8 aromatic rings. The Labute approximate surface area is 402 Å². The molecule has 0 amide bonds. The van der Waals surface area contributed by atoms with E-state index in [2.05, 4.69) is 214 Å². The summed E-state index contributed by atoms with van der Waals surface area (Å²) in [5.41, 5.74) is 20.5. The van der Waals surface area contributed by atoms with Crippen LogP contribution in [0.3, 0.4) is 0 Å². The summed E-state index contributed by atoms with van der Waals surface area (Å²) >= 11 is -6.14. The predicted molar refractivity (Wildman–Crippen MR) is 286 cm³/mol. The second-order valence-electron chi connectivity index (χ2n) is 18.8. The van der Waals surface area contributed by atoms with E-state index >= 15 is 0 Å². The predicted octanol–water partition coefficient (Wildman–Crippen LogP) is 15.0. The van der Waals surface area contributed by atoms with Crippen molar-refractivity contribution in [3.63, 3.8) is 0 Å². The van der Waals surface area contributed by atoms with Crippen molar-refractivity contribution >= 4 is 63.7 Å². The maximum atomic E-state index is 9.63. The zero-order chi connectivity index (χ0) is 44.9. The van der Waals surface area contributed by atoms with Gasteiger partial charge in [-0.05, 0) is 0 Å². The Kier molecular flexibility index (Phi) is 11.8.